The number of nitriles is 1. The Kier molecular flexibility index (Phi) is 12.4. The number of aryl methyl sites for hydroxylation is 1. The summed E-state index contributed by atoms with van der Waals surface area (Å²) in [6.07, 6.45) is 0.514. The molecule has 2 aromatic heterocycles. The third kappa shape index (κ3) is 9.80. The Morgan fingerprint density at radius 3 is 2.31 bits per heavy atom. The van der Waals surface area contributed by atoms with E-state index in [9.17, 15) is 10.1 Å². The van der Waals surface area contributed by atoms with Crippen molar-refractivity contribution < 1.29 is 23.4 Å². The van der Waals surface area contributed by atoms with Crippen molar-refractivity contribution in [3.8, 4) is 34.5 Å². The number of halogens is 1. The third-order valence-corrected chi connectivity index (χ3v) is 13.3. The summed E-state index contributed by atoms with van der Waals surface area (Å²) in [6, 6.07) is 23.2. The molecule has 55 heavy (non-hydrogen) atoms. The lowest BCUT2D eigenvalue weighted by atomic mass is 9.96. The summed E-state index contributed by atoms with van der Waals surface area (Å²) in [4.78, 5) is 19.5. The number of carbonyl (C=O) groups is 1. The lowest BCUT2D eigenvalue weighted by Crippen LogP contribution is -2.26. The summed E-state index contributed by atoms with van der Waals surface area (Å²) in [5.41, 5.74) is 6.78. The highest BCUT2D eigenvalue weighted by Crippen LogP contribution is 2.37. The molecule has 0 saturated carbocycles. The minimum Gasteiger partial charge on any atom is -0.486 e. The largest absolute Gasteiger partial charge is 0.486 e. The van der Waals surface area contributed by atoms with Gasteiger partial charge in [-0.05, 0) is 65.0 Å². The molecule has 0 radical (unpaired) electrons. The van der Waals surface area contributed by atoms with Gasteiger partial charge in [-0.25, -0.2) is 14.1 Å². The predicted molar refractivity (Wildman–Crippen MR) is 219 cm³/mol. The third-order valence-electron chi connectivity index (χ3n) is 9.90. The molecule has 3 aromatic carbocycles. The molecule has 1 aliphatic rings. The Balaban J connectivity index is 1.39. The van der Waals surface area contributed by atoms with Crippen molar-refractivity contribution in [2.75, 3.05) is 13.2 Å². The standard InChI is InChI=1S/C42H53FN6O4Si2/c1-8-31-23-39(53-27-30-12-10-9-11-13-30)35(43)24-34(31)32-14-15-33-37(22-32)49(29-52-19-21-55(5,6)7)46-41(33)42-45-36-25-47(40(50)16-17-44)26-38(36)48(42)28-51-18-20-54(2,3)4/h9-15,22-24H,8,16,18-21,25-29H2,1-7H3. The number of ether oxygens (including phenoxy) is 3. The summed E-state index contributed by atoms with van der Waals surface area (Å²) in [5.74, 6) is 0.252. The molecular weight excluding hydrogens is 728 g/mol. The van der Waals surface area contributed by atoms with Gasteiger partial charge in [-0.1, -0.05) is 82.6 Å². The molecule has 0 saturated heterocycles. The molecule has 1 aliphatic heterocycles. The summed E-state index contributed by atoms with van der Waals surface area (Å²) >= 11 is 0. The monoisotopic (exact) mass is 780 g/mol. The first-order chi connectivity index (χ1) is 26.2. The maximum Gasteiger partial charge on any atom is 0.237 e. The van der Waals surface area contributed by atoms with Gasteiger partial charge in [0.1, 0.15) is 32.2 Å². The van der Waals surface area contributed by atoms with E-state index < -0.39 is 22.0 Å². The number of hydrogen-bond acceptors (Lipinski definition) is 7. The molecule has 10 nitrogen and oxygen atoms in total. The van der Waals surface area contributed by atoms with Crippen LogP contribution in [0.15, 0.2) is 60.7 Å². The topological polar surface area (TPSA) is 107 Å². The van der Waals surface area contributed by atoms with Crippen LogP contribution in [0.5, 0.6) is 5.75 Å². The van der Waals surface area contributed by atoms with Crippen molar-refractivity contribution >= 4 is 33.0 Å². The second-order valence-electron chi connectivity index (χ2n) is 16.7. The van der Waals surface area contributed by atoms with E-state index in [4.69, 9.17) is 24.3 Å². The molecule has 0 fully saturated rings. The van der Waals surface area contributed by atoms with Crippen molar-refractivity contribution in [2.24, 2.45) is 0 Å². The molecule has 0 spiro atoms. The van der Waals surface area contributed by atoms with Gasteiger partial charge in [0.15, 0.2) is 17.4 Å². The maximum atomic E-state index is 15.7. The van der Waals surface area contributed by atoms with Gasteiger partial charge in [-0.2, -0.15) is 10.4 Å². The van der Waals surface area contributed by atoms with E-state index in [1.165, 1.54) is 0 Å². The number of fused-ring (bicyclic) bond motifs is 2. The zero-order valence-electron chi connectivity index (χ0n) is 33.2. The Morgan fingerprint density at radius 1 is 0.927 bits per heavy atom. The number of hydrogen-bond donors (Lipinski definition) is 0. The number of aromatic nitrogens is 4. The summed E-state index contributed by atoms with van der Waals surface area (Å²) in [7, 11) is -2.65. The van der Waals surface area contributed by atoms with Crippen molar-refractivity contribution in [1.82, 2.24) is 24.2 Å². The fraction of sp³-hybridized carbons (Fsp3) is 0.429. The molecule has 0 N–H and O–H groups in total. The fourth-order valence-electron chi connectivity index (χ4n) is 6.60. The molecule has 6 rings (SSSR count). The lowest BCUT2D eigenvalue weighted by molar-refractivity contribution is -0.130. The lowest BCUT2D eigenvalue weighted by Gasteiger charge is -2.18. The van der Waals surface area contributed by atoms with Crippen LogP contribution in [0.3, 0.4) is 0 Å². The zero-order valence-corrected chi connectivity index (χ0v) is 35.2. The highest BCUT2D eigenvalue weighted by Gasteiger charge is 2.32. The van der Waals surface area contributed by atoms with Gasteiger partial charge < -0.3 is 23.7 Å². The number of carbonyl (C=O) groups excluding carboxylic acids is 1. The molecule has 0 atom stereocenters. The molecule has 5 aromatic rings. The van der Waals surface area contributed by atoms with Crippen LogP contribution >= 0.6 is 0 Å². The van der Waals surface area contributed by atoms with Crippen molar-refractivity contribution in [3.63, 3.8) is 0 Å². The first kappa shape index (κ1) is 40.1. The second-order valence-corrected chi connectivity index (χ2v) is 27.9. The maximum absolute atomic E-state index is 15.7. The Labute approximate surface area is 325 Å². The van der Waals surface area contributed by atoms with E-state index >= 15 is 4.39 Å². The number of rotatable bonds is 17. The van der Waals surface area contributed by atoms with Crippen molar-refractivity contribution in [1.29, 1.82) is 5.26 Å². The molecule has 13 heteroatoms. The average Bonchev–Trinajstić information content (AvgIpc) is 3.82. The van der Waals surface area contributed by atoms with E-state index in [1.54, 1.807) is 11.0 Å². The molecule has 1 amide bonds. The quantitative estimate of drug-likeness (QED) is 0.0684. The van der Waals surface area contributed by atoms with Crippen LogP contribution in [0, 0.1) is 17.1 Å². The first-order valence-corrected chi connectivity index (χ1v) is 26.5. The minimum atomic E-state index is -1.33. The van der Waals surface area contributed by atoms with E-state index in [0.29, 0.717) is 44.2 Å². The average molecular weight is 781 g/mol. The molecule has 0 aliphatic carbocycles. The first-order valence-electron chi connectivity index (χ1n) is 19.1. The summed E-state index contributed by atoms with van der Waals surface area (Å²) in [5, 5.41) is 15.2. The van der Waals surface area contributed by atoms with Crippen LogP contribution in [-0.4, -0.2) is 59.5 Å². The van der Waals surface area contributed by atoms with Crippen molar-refractivity contribution in [3.05, 3.63) is 89.0 Å². The molecule has 3 heterocycles. The van der Waals surface area contributed by atoms with Crippen LogP contribution in [0.25, 0.3) is 33.5 Å². The summed E-state index contributed by atoms with van der Waals surface area (Å²) in [6.45, 7) is 18.7. The Morgan fingerprint density at radius 2 is 1.64 bits per heavy atom. The Bertz CT molecular complexity index is 2180. The predicted octanol–water partition coefficient (Wildman–Crippen LogP) is 9.23. The number of imidazole rings is 1. The number of nitrogens with zero attached hydrogens (tertiary/aromatic N) is 6. The normalized spacial score (nSPS) is 13.0. The van der Waals surface area contributed by atoms with Gasteiger partial charge >= 0.3 is 0 Å². The van der Waals surface area contributed by atoms with E-state index in [0.717, 1.165) is 56.6 Å². The van der Waals surface area contributed by atoms with Crippen LogP contribution < -0.4 is 4.74 Å². The van der Waals surface area contributed by atoms with Gasteiger partial charge in [0.25, 0.3) is 0 Å². The van der Waals surface area contributed by atoms with Gasteiger partial charge in [0, 0.05) is 34.7 Å². The zero-order chi connectivity index (χ0) is 39.3. The van der Waals surface area contributed by atoms with Crippen LogP contribution in [0.1, 0.15) is 35.9 Å². The SMILES string of the molecule is CCc1cc(OCc2ccccc2)c(F)cc1-c1ccc2c(-c3nc4c(n3COCC[Si](C)(C)C)CN(C(=O)CC#N)C4)nn(COCC[Si](C)(C)C)c2c1. The number of amides is 1. The smallest absolute Gasteiger partial charge is 0.237 e. The fourth-order valence-corrected chi connectivity index (χ4v) is 8.12. The number of benzene rings is 3. The molecule has 0 bridgehead atoms. The van der Waals surface area contributed by atoms with Gasteiger partial charge in [0.05, 0.1) is 36.1 Å². The van der Waals surface area contributed by atoms with Crippen LogP contribution in [-0.2, 0) is 53.8 Å². The van der Waals surface area contributed by atoms with E-state index in [-0.39, 0.29) is 38.1 Å². The summed E-state index contributed by atoms with van der Waals surface area (Å²) < 4.78 is 38.1. The van der Waals surface area contributed by atoms with Crippen molar-refractivity contribution in [2.45, 2.75) is 104 Å². The van der Waals surface area contributed by atoms with E-state index in [2.05, 4.69) is 52.3 Å². The van der Waals surface area contributed by atoms with Gasteiger partial charge in [0.2, 0.25) is 5.91 Å². The minimum absolute atomic E-state index is 0.175. The highest BCUT2D eigenvalue weighted by molar-refractivity contribution is 6.76. The van der Waals surface area contributed by atoms with Crippen LogP contribution in [0.4, 0.5) is 4.39 Å². The van der Waals surface area contributed by atoms with Crippen LogP contribution in [0.2, 0.25) is 51.4 Å². The molecular formula is C42H53FN6O4Si2. The second kappa shape index (κ2) is 17.0. The van der Waals surface area contributed by atoms with Gasteiger partial charge in [-0.15, -0.1) is 0 Å². The highest BCUT2D eigenvalue weighted by atomic mass is 28.3. The Hall–Kier alpha value is -4.62. The molecule has 0 unspecified atom stereocenters. The molecule has 290 valence electrons. The van der Waals surface area contributed by atoms with Gasteiger partial charge in [-0.3, -0.25) is 4.79 Å². The van der Waals surface area contributed by atoms with E-state index in [1.807, 2.05) is 63.8 Å².